The number of pyridine rings is 2. The van der Waals surface area contributed by atoms with Crippen molar-refractivity contribution < 1.29 is 4.39 Å². The number of aromatic nitrogens is 4. The van der Waals surface area contributed by atoms with Crippen LogP contribution in [0.4, 0.5) is 10.2 Å². The molecule has 3 aromatic heterocycles. The molecule has 6 heteroatoms. The first kappa shape index (κ1) is 16.0. The third-order valence-electron chi connectivity index (χ3n) is 3.94. The van der Waals surface area contributed by atoms with Crippen LogP contribution in [-0.2, 0) is 6.54 Å². The highest BCUT2D eigenvalue weighted by Gasteiger charge is 2.12. The van der Waals surface area contributed by atoms with Gasteiger partial charge < -0.3 is 5.32 Å². The summed E-state index contributed by atoms with van der Waals surface area (Å²) in [7, 11) is 0. The van der Waals surface area contributed by atoms with E-state index in [1.807, 2.05) is 53.3 Å². The molecule has 0 aliphatic rings. The highest BCUT2D eigenvalue weighted by atomic mass is 19.1. The molecule has 0 aliphatic carbocycles. The van der Waals surface area contributed by atoms with Gasteiger partial charge in [-0.3, -0.25) is 4.98 Å². The van der Waals surface area contributed by atoms with Crippen LogP contribution in [0.2, 0.25) is 0 Å². The lowest BCUT2D eigenvalue weighted by Gasteiger charge is -2.05. The summed E-state index contributed by atoms with van der Waals surface area (Å²) in [5.74, 6) is -0.0255. The summed E-state index contributed by atoms with van der Waals surface area (Å²) >= 11 is 0. The molecule has 5 nitrogen and oxygen atoms in total. The fourth-order valence-electron chi connectivity index (χ4n) is 2.70. The molecule has 0 unspecified atom stereocenters. The van der Waals surface area contributed by atoms with Crippen molar-refractivity contribution in [2.24, 2.45) is 0 Å². The van der Waals surface area contributed by atoms with Gasteiger partial charge in [0.25, 0.3) is 0 Å². The fourth-order valence-corrected chi connectivity index (χ4v) is 2.70. The molecule has 0 aliphatic heterocycles. The number of hydrogen-bond acceptors (Lipinski definition) is 4. The Morgan fingerprint density at radius 3 is 2.50 bits per heavy atom. The van der Waals surface area contributed by atoms with E-state index in [1.54, 1.807) is 24.5 Å². The first-order valence-electron chi connectivity index (χ1n) is 8.20. The molecule has 0 atom stereocenters. The quantitative estimate of drug-likeness (QED) is 0.554. The second-order valence-corrected chi connectivity index (χ2v) is 5.72. The molecule has 0 saturated carbocycles. The largest absolute Gasteiger partial charge is 0.366 e. The van der Waals surface area contributed by atoms with Crippen LogP contribution >= 0.6 is 0 Å². The van der Waals surface area contributed by atoms with E-state index in [4.69, 9.17) is 5.10 Å². The first-order valence-corrected chi connectivity index (χ1v) is 8.20. The Morgan fingerprint density at radius 1 is 0.923 bits per heavy atom. The molecule has 0 spiro atoms. The average molecular weight is 345 g/mol. The van der Waals surface area contributed by atoms with Gasteiger partial charge in [-0.1, -0.05) is 24.3 Å². The van der Waals surface area contributed by atoms with Gasteiger partial charge in [0.2, 0.25) is 5.95 Å². The van der Waals surface area contributed by atoms with Crippen molar-refractivity contribution in [3.63, 3.8) is 0 Å². The average Bonchev–Trinajstić information content (AvgIpc) is 3.12. The molecule has 0 radical (unpaired) electrons. The number of anilines is 1. The monoisotopic (exact) mass is 345 g/mol. The number of halogens is 1. The second-order valence-electron chi connectivity index (χ2n) is 5.72. The SMILES string of the molecule is Fc1cccc(NCc2cn(-c3ccccc3)nc2-c2ccncc2)n1. The van der Waals surface area contributed by atoms with Crippen LogP contribution in [0.15, 0.2) is 79.3 Å². The van der Waals surface area contributed by atoms with Gasteiger partial charge in [0, 0.05) is 36.3 Å². The summed E-state index contributed by atoms with van der Waals surface area (Å²) in [5.41, 5.74) is 3.77. The Kier molecular flexibility index (Phi) is 4.38. The molecule has 128 valence electrons. The Morgan fingerprint density at radius 2 is 1.73 bits per heavy atom. The fraction of sp³-hybridized carbons (Fsp3) is 0.0500. The van der Waals surface area contributed by atoms with Crippen molar-refractivity contribution in [3.05, 3.63) is 90.8 Å². The lowest BCUT2D eigenvalue weighted by Crippen LogP contribution is -2.02. The molecule has 4 aromatic rings. The number of para-hydroxylation sites is 1. The predicted molar refractivity (Wildman–Crippen MR) is 98.3 cm³/mol. The maximum Gasteiger partial charge on any atom is 0.214 e. The van der Waals surface area contributed by atoms with Gasteiger partial charge >= 0.3 is 0 Å². The van der Waals surface area contributed by atoms with Crippen LogP contribution in [0.1, 0.15) is 5.56 Å². The maximum atomic E-state index is 13.3. The topological polar surface area (TPSA) is 55.6 Å². The van der Waals surface area contributed by atoms with E-state index in [0.29, 0.717) is 12.4 Å². The molecule has 26 heavy (non-hydrogen) atoms. The highest BCUT2D eigenvalue weighted by Crippen LogP contribution is 2.24. The molecule has 4 rings (SSSR count). The lowest BCUT2D eigenvalue weighted by molar-refractivity contribution is 0.585. The number of nitrogens with zero attached hydrogens (tertiary/aromatic N) is 4. The Hall–Kier alpha value is -3.54. The molecule has 1 N–H and O–H groups in total. The van der Waals surface area contributed by atoms with Gasteiger partial charge in [-0.25, -0.2) is 9.67 Å². The zero-order valence-corrected chi connectivity index (χ0v) is 13.9. The molecule has 1 aromatic carbocycles. The number of hydrogen-bond donors (Lipinski definition) is 1. The molecule has 3 heterocycles. The minimum absolute atomic E-state index is 0.473. The van der Waals surface area contributed by atoms with Gasteiger partial charge in [-0.15, -0.1) is 0 Å². The minimum atomic E-state index is -0.510. The van der Waals surface area contributed by atoms with Crippen molar-refractivity contribution >= 4 is 5.82 Å². The van der Waals surface area contributed by atoms with Crippen LogP contribution in [0, 0.1) is 5.95 Å². The lowest BCUT2D eigenvalue weighted by atomic mass is 10.1. The standard InChI is InChI=1S/C20H16FN5/c21-18-7-4-8-19(24-18)23-13-16-14-26(17-5-2-1-3-6-17)25-20(16)15-9-11-22-12-10-15/h1-12,14H,13H2,(H,23,24). The smallest absolute Gasteiger partial charge is 0.214 e. The summed E-state index contributed by atoms with van der Waals surface area (Å²) in [6, 6.07) is 18.4. The van der Waals surface area contributed by atoms with Gasteiger partial charge in [-0.2, -0.15) is 9.49 Å². The van der Waals surface area contributed by atoms with Crippen LogP contribution in [0.5, 0.6) is 0 Å². The molecule has 0 bridgehead atoms. The zero-order valence-electron chi connectivity index (χ0n) is 13.9. The number of nitrogens with one attached hydrogen (secondary N) is 1. The Bertz CT molecular complexity index is 999. The van der Waals surface area contributed by atoms with Crippen molar-refractivity contribution in [3.8, 4) is 16.9 Å². The third-order valence-corrected chi connectivity index (χ3v) is 3.94. The molecular formula is C20H16FN5. The van der Waals surface area contributed by atoms with Crippen LogP contribution < -0.4 is 5.32 Å². The third kappa shape index (κ3) is 3.44. The summed E-state index contributed by atoms with van der Waals surface area (Å²) in [6.45, 7) is 0.473. The van der Waals surface area contributed by atoms with E-state index in [1.165, 1.54) is 6.07 Å². The summed E-state index contributed by atoms with van der Waals surface area (Å²) in [4.78, 5) is 7.91. The Balaban J connectivity index is 1.68. The molecular weight excluding hydrogens is 329 g/mol. The van der Waals surface area contributed by atoms with Gasteiger partial charge in [0.05, 0.1) is 11.4 Å². The summed E-state index contributed by atoms with van der Waals surface area (Å²) in [5, 5.41) is 7.89. The van der Waals surface area contributed by atoms with Crippen LogP contribution in [-0.4, -0.2) is 19.7 Å². The van der Waals surface area contributed by atoms with E-state index in [2.05, 4.69) is 15.3 Å². The van der Waals surface area contributed by atoms with E-state index < -0.39 is 5.95 Å². The summed E-state index contributed by atoms with van der Waals surface area (Å²) in [6.07, 6.45) is 5.45. The minimum Gasteiger partial charge on any atom is -0.366 e. The van der Waals surface area contributed by atoms with Crippen molar-refractivity contribution in [2.75, 3.05) is 5.32 Å². The summed E-state index contributed by atoms with van der Waals surface area (Å²) < 4.78 is 15.1. The van der Waals surface area contributed by atoms with E-state index in [-0.39, 0.29) is 0 Å². The Labute approximate surface area is 150 Å². The van der Waals surface area contributed by atoms with Gasteiger partial charge in [-0.05, 0) is 36.4 Å². The first-order chi connectivity index (χ1) is 12.8. The van der Waals surface area contributed by atoms with E-state index >= 15 is 0 Å². The zero-order chi connectivity index (χ0) is 17.8. The number of rotatable bonds is 5. The molecule has 0 fully saturated rings. The number of benzene rings is 1. The van der Waals surface area contributed by atoms with Crippen molar-refractivity contribution in [1.29, 1.82) is 0 Å². The van der Waals surface area contributed by atoms with Gasteiger partial charge in [0.15, 0.2) is 0 Å². The van der Waals surface area contributed by atoms with Crippen LogP contribution in [0.25, 0.3) is 16.9 Å². The molecule has 0 saturated heterocycles. The van der Waals surface area contributed by atoms with E-state index in [9.17, 15) is 4.39 Å². The van der Waals surface area contributed by atoms with E-state index in [0.717, 1.165) is 22.5 Å². The molecule has 0 amide bonds. The predicted octanol–water partition coefficient (Wildman–Crippen LogP) is 4.08. The van der Waals surface area contributed by atoms with Gasteiger partial charge in [0.1, 0.15) is 5.82 Å². The normalized spacial score (nSPS) is 10.7. The highest BCUT2D eigenvalue weighted by molar-refractivity contribution is 5.63. The van der Waals surface area contributed by atoms with Crippen molar-refractivity contribution in [1.82, 2.24) is 19.7 Å². The van der Waals surface area contributed by atoms with Crippen LogP contribution in [0.3, 0.4) is 0 Å². The van der Waals surface area contributed by atoms with Crippen molar-refractivity contribution in [2.45, 2.75) is 6.54 Å². The second kappa shape index (κ2) is 7.14. The maximum absolute atomic E-state index is 13.3.